The van der Waals surface area contributed by atoms with Crippen molar-refractivity contribution in [3.05, 3.63) is 54.8 Å². The van der Waals surface area contributed by atoms with Crippen molar-refractivity contribution in [2.75, 3.05) is 23.7 Å². The van der Waals surface area contributed by atoms with Crippen LogP contribution in [0, 0.1) is 11.2 Å². The number of aliphatic hydroxyl groups is 1. The molecule has 1 atom stereocenters. The summed E-state index contributed by atoms with van der Waals surface area (Å²) in [6.45, 7) is 14.8. The van der Waals surface area contributed by atoms with Crippen molar-refractivity contribution >= 4 is 17.2 Å². The van der Waals surface area contributed by atoms with E-state index in [1.54, 1.807) is 19.9 Å². The van der Waals surface area contributed by atoms with E-state index in [0.29, 0.717) is 36.6 Å². The molecule has 0 amide bonds. The topological polar surface area (TPSA) is 108 Å². The lowest BCUT2D eigenvalue weighted by Gasteiger charge is -2.17. The lowest BCUT2D eigenvalue weighted by molar-refractivity contribution is 0.198. The number of halogens is 1. The smallest absolute Gasteiger partial charge is 0.167 e. The van der Waals surface area contributed by atoms with Gasteiger partial charge in [-0.15, -0.1) is 13.2 Å². The minimum Gasteiger partial charge on any atom is -0.488 e. The quantitative estimate of drug-likeness (QED) is 0.388. The van der Waals surface area contributed by atoms with Crippen LogP contribution in [0.4, 0.5) is 15.9 Å². The summed E-state index contributed by atoms with van der Waals surface area (Å²) in [5.41, 5.74) is 6.82. The minimum atomic E-state index is -0.567. The summed E-state index contributed by atoms with van der Waals surface area (Å²) >= 11 is 0. The van der Waals surface area contributed by atoms with Gasteiger partial charge >= 0.3 is 0 Å². The molecular formula is C22H32FN5O2. The van der Waals surface area contributed by atoms with Gasteiger partial charge in [0, 0.05) is 36.5 Å². The van der Waals surface area contributed by atoms with Gasteiger partial charge in [0.1, 0.15) is 12.1 Å². The van der Waals surface area contributed by atoms with Gasteiger partial charge in [-0.25, -0.2) is 14.4 Å². The predicted molar refractivity (Wildman–Crippen MR) is 120 cm³/mol. The van der Waals surface area contributed by atoms with E-state index >= 15 is 0 Å². The zero-order valence-corrected chi connectivity index (χ0v) is 18.2. The molecule has 1 saturated heterocycles. The molecule has 0 aliphatic carbocycles. The van der Waals surface area contributed by atoms with Crippen LogP contribution in [0.2, 0.25) is 0 Å². The number of rotatable bonds is 5. The summed E-state index contributed by atoms with van der Waals surface area (Å²) in [6.07, 6.45) is 1.46. The lowest BCUT2D eigenvalue weighted by Crippen LogP contribution is -2.23. The Balaban J connectivity index is 0.00000106. The first-order valence-corrected chi connectivity index (χ1v) is 9.95. The Labute approximate surface area is 177 Å². The number of anilines is 2. The minimum absolute atomic E-state index is 0.0471. The molecule has 0 unspecified atom stereocenters. The van der Waals surface area contributed by atoms with Gasteiger partial charge in [-0.1, -0.05) is 13.8 Å². The molecule has 0 spiro atoms. The Bertz CT molecular complexity index is 844. The van der Waals surface area contributed by atoms with E-state index in [9.17, 15) is 9.50 Å². The molecule has 1 aliphatic rings. The van der Waals surface area contributed by atoms with Crippen molar-refractivity contribution in [3.8, 4) is 5.75 Å². The van der Waals surface area contributed by atoms with Gasteiger partial charge in [0.2, 0.25) is 0 Å². The van der Waals surface area contributed by atoms with Gasteiger partial charge < -0.3 is 20.5 Å². The van der Waals surface area contributed by atoms with E-state index < -0.39 is 5.82 Å². The van der Waals surface area contributed by atoms with Crippen molar-refractivity contribution < 1.29 is 14.2 Å². The Morgan fingerprint density at radius 2 is 1.97 bits per heavy atom. The summed E-state index contributed by atoms with van der Waals surface area (Å²) < 4.78 is 19.5. The highest BCUT2D eigenvalue weighted by molar-refractivity contribution is 6.13. The Hall–Kier alpha value is -3.00. The van der Waals surface area contributed by atoms with Crippen LogP contribution in [-0.2, 0) is 0 Å². The molecule has 1 aliphatic heterocycles. The molecule has 7 nitrogen and oxygen atoms in total. The Morgan fingerprint density at radius 3 is 2.53 bits per heavy atom. The van der Waals surface area contributed by atoms with E-state index in [2.05, 4.69) is 23.1 Å². The van der Waals surface area contributed by atoms with E-state index in [-0.39, 0.29) is 29.4 Å². The third-order valence-electron chi connectivity index (χ3n) is 4.13. The van der Waals surface area contributed by atoms with Crippen molar-refractivity contribution in [3.63, 3.8) is 0 Å². The maximum atomic E-state index is 14.0. The second kappa shape index (κ2) is 11.9. The van der Waals surface area contributed by atoms with Crippen molar-refractivity contribution in [2.24, 2.45) is 0 Å². The first-order valence-electron chi connectivity index (χ1n) is 9.95. The summed E-state index contributed by atoms with van der Waals surface area (Å²) in [4.78, 5) is 10.3. The molecule has 2 aromatic rings. The van der Waals surface area contributed by atoms with E-state index in [1.807, 2.05) is 18.7 Å². The molecule has 1 aromatic carbocycles. The standard InChI is InChI=1S/C18H22FN5O2.C2H6.C2H4/c1-10(2)26-16-5-12(14(20)6-13(16)19)18(21)15-7-17(23-9-22-15)24-4-3-11(25)8-24;2*1-2/h5-7,9-11,21,25H,3-4,8,20H2,1-2H3;1-2H3;1-2H2/t11-;;/m1../s1. The molecule has 0 saturated carbocycles. The largest absolute Gasteiger partial charge is 0.488 e. The highest BCUT2D eigenvalue weighted by Gasteiger charge is 2.23. The van der Waals surface area contributed by atoms with Crippen molar-refractivity contribution in [1.82, 2.24) is 9.97 Å². The number of nitrogen functional groups attached to an aromatic ring is 1. The van der Waals surface area contributed by atoms with E-state index in [0.717, 1.165) is 6.07 Å². The van der Waals surface area contributed by atoms with Crippen LogP contribution in [-0.4, -0.2) is 46.1 Å². The molecule has 3 rings (SSSR count). The van der Waals surface area contributed by atoms with Gasteiger partial charge in [-0.05, 0) is 26.3 Å². The molecule has 2 heterocycles. The van der Waals surface area contributed by atoms with Crippen LogP contribution in [0.1, 0.15) is 45.4 Å². The molecule has 4 N–H and O–H groups in total. The maximum Gasteiger partial charge on any atom is 0.167 e. The third-order valence-corrected chi connectivity index (χ3v) is 4.13. The van der Waals surface area contributed by atoms with Crippen LogP contribution in [0.3, 0.4) is 0 Å². The number of nitrogens with zero attached hydrogens (tertiary/aromatic N) is 3. The lowest BCUT2D eigenvalue weighted by atomic mass is 10.0. The summed E-state index contributed by atoms with van der Waals surface area (Å²) in [7, 11) is 0. The molecule has 8 heteroatoms. The highest BCUT2D eigenvalue weighted by atomic mass is 19.1. The second-order valence-corrected chi connectivity index (χ2v) is 6.56. The summed E-state index contributed by atoms with van der Waals surface area (Å²) in [5.74, 6) is 0.115. The average Bonchev–Trinajstić information content (AvgIpc) is 3.19. The first-order chi connectivity index (χ1) is 14.3. The number of nitrogens with two attached hydrogens (primary N) is 1. The summed E-state index contributed by atoms with van der Waals surface area (Å²) in [5, 5.41) is 18.1. The predicted octanol–water partition coefficient (Wildman–Crippen LogP) is 3.80. The second-order valence-electron chi connectivity index (χ2n) is 6.56. The van der Waals surface area contributed by atoms with Crippen LogP contribution >= 0.6 is 0 Å². The van der Waals surface area contributed by atoms with Gasteiger partial charge in [-0.2, -0.15) is 0 Å². The zero-order chi connectivity index (χ0) is 22.8. The number of hydrogen-bond acceptors (Lipinski definition) is 7. The fourth-order valence-corrected chi connectivity index (χ4v) is 2.87. The van der Waals surface area contributed by atoms with Crippen LogP contribution in [0.15, 0.2) is 37.7 Å². The van der Waals surface area contributed by atoms with Crippen LogP contribution in [0.25, 0.3) is 0 Å². The molecule has 164 valence electrons. The number of ether oxygens (including phenoxy) is 1. The van der Waals surface area contributed by atoms with Gasteiger partial charge in [0.15, 0.2) is 11.6 Å². The molecule has 1 aromatic heterocycles. The van der Waals surface area contributed by atoms with Gasteiger partial charge in [0.05, 0.1) is 23.6 Å². The Morgan fingerprint density at radius 1 is 1.30 bits per heavy atom. The van der Waals surface area contributed by atoms with Crippen molar-refractivity contribution in [1.29, 1.82) is 5.41 Å². The monoisotopic (exact) mass is 417 g/mol. The average molecular weight is 418 g/mol. The number of hydrogen-bond donors (Lipinski definition) is 3. The van der Waals surface area contributed by atoms with Crippen LogP contribution in [0.5, 0.6) is 5.75 Å². The molecule has 1 fully saturated rings. The number of benzene rings is 1. The van der Waals surface area contributed by atoms with Gasteiger partial charge in [0.25, 0.3) is 0 Å². The summed E-state index contributed by atoms with van der Waals surface area (Å²) in [6, 6.07) is 4.25. The normalized spacial score (nSPS) is 15.0. The van der Waals surface area contributed by atoms with E-state index in [4.69, 9.17) is 15.9 Å². The number of β-amino-alcohol motifs (C(OH)–C–C–N with tert-alkyl or cyclic N) is 1. The Kier molecular flexibility index (Phi) is 9.91. The zero-order valence-electron chi connectivity index (χ0n) is 18.2. The van der Waals surface area contributed by atoms with Crippen LogP contribution < -0.4 is 15.4 Å². The molecular weight excluding hydrogens is 385 g/mol. The third kappa shape index (κ3) is 6.25. The number of aliphatic hydroxyl groups excluding tert-OH is 1. The fraction of sp³-hybridized carbons (Fsp3) is 0.409. The SMILES string of the molecule is C=C.CC.CC(C)Oc1cc(C(=N)c2cc(N3CC[C@@H](O)C3)ncn2)c(N)cc1F. The first kappa shape index (κ1) is 25.0. The van der Waals surface area contributed by atoms with E-state index in [1.165, 1.54) is 12.4 Å². The molecule has 0 bridgehead atoms. The van der Waals surface area contributed by atoms with Gasteiger partial charge in [-0.3, -0.25) is 5.41 Å². The number of aromatic nitrogens is 2. The number of nitrogens with one attached hydrogen (secondary N) is 1. The van der Waals surface area contributed by atoms with Crippen molar-refractivity contribution in [2.45, 2.75) is 46.3 Å². The molecule has 0 radical (unpaired) electrons. The highest BCUT2D eigenvalue weighted by Crippen LogP contribution is 2.27. The molecule has 30 heavy (non-hydrogen) atoms. The maximum absolute atomic E-state index is 14.0. The fourth-order valence-electron chi connectivity index (χ4n) is 2.87.